The molecule has 1 unspecified atom stereocenters. The van der Waals surface area contributed by atoms with Crippen molar-refractivity contribution in [1.29, 1.82) is 0 Å². The fraction of sp³-hybridized carbons (Fsp3) is 0.0435. The lowest BCUT2D eigenvalue weighted by Crippen LogP contribution is -2.18. The Bertz CT molecular complexity index is 1080. The number of carbonyl (C=O) groups is 1. The van der Waals surface area contributed by atoms with Crippen molar-refractivity contribution in [1.82, 2.24) is 4.98 Å². The SMILES string of the molecule is O=C(Nc1nc(-c2ccc(F)cc2)cs1)C(Sc1ccccc1)c1ccccc1. The summed E-state index contributed by atoms with van der Waals surface area (Å²) in [6, 6.07) is 25.7. The highest BCUT2D eigenvalue weighted by molar-refractivity contribution is 8.00. The van der Waals surface area contributed by atoms with Crippen LogP contribution in [0.4, 0.5) is 9.52 Å². The Morgan fingerprint density at radius 1 is 0.931 bits per heavy atom. The smallest absolute Gasteiger partial charge is 0.244 e. The Kier molecular flexibility index (Phi) is 6.03. The Labute approximate surface area is 176 Å². The van der Waals surface area contributed by atoms with E-state index in [-0.39, 0.29) is 11.7 Å². The van der Waals surface area contributed by atoms with Gasteiger partial charge in [0.1, 0.15) is 11.1 Å². The standard InChI is InChI=1S/C23H17FN2OS2/c24-18-13-11-16(12-14-18)20-15-28-23(25-20)26-22(27)21(17-7-3-1-4-8-17)29-19-9-5-2-6-10-19/h1-15,21H,(H,25,26,27). The number of aromatic nitrogens is 1. The second kappa shape index (κ2) is 9.03. The number of nitrogens with zero attached hydrogens (tertiary/aromatic N) is 1. The van der Waals surface area contributed by atoms with Crippen LogP contribution in [-0.4, -0.2) is 10.9 Å². The maximum Gasteiger partial charge on any atom is 0.244 e. The van der Waals surface area contributed by atoms with E-state index < -0.39 is 5.25 Å². The highest BCUT2D eigenvalue weighted by Crippen LogP contribution is 2.36. The van der Waals surface area contributed by atoms with Crippen molar-refractivity contribution >= 4 is 34.1 Å². The van der Waals surface area contributed by atoms with E-state index in [2.05, 4.69) is 10.3 Å². The number of thiazole rings is 1. The third-order valence-electron chi connectivity index (χ3n) is 4.21. The van der Waals surface area contributed by atoms with Crippen LogP contribution in [0.1, 0.15) is 10.8 Å². The van der Waals surface area contributed by atoms with Crippen molar-refractivity contribution in [3.63, 3.8) is 0 Å². The van der Waals surface area contributed by atoms with Crippen molar-refractivity contribution < 1.29 is 9.18 Å². The summed E-state index contributed by atoms with van der Waals surface area (Å²) in [5.41, 5.74) is 2.44. The molecule has 1 heterocycles. The molecule has 0 spiro atoms. The van der Waals surface area contributed by atoms with E-state index in [1.54, 1.807) is 12.1 Å². The maximum atomic E-state index is 13.1. The molecule has 1 atom stereocenters. The molecule has 144 valence electrons. The molecule has 0 radical (unpaired) electrons. The predicted molar refractivity (Wildman–Crippen MR) is 118 cm³/mol. The van der Waals surface area contributed by atoms with E-state index in [0.29, 0.717) is 10.8 Å². The topological polar surface area (TPSA) is 42.0 Å². The molecule has 6 heteroatoms. The fourth-order valence-electron chi connectivity index (χ4n) is 2.79. The van der Waals surface area contributed by atoms with Gasteiger partial charge in [-0.2, -0.15) is 0 Å². The molecule has 1 aromatic heterocycles. The number of hydrogen-bond donors (Lipinski definition) is 1. The van der Waals surface area contributed by atoms with Gasteiger partial charge in [0, 0.05) is 15.8 Å². The molecule has 0 aliphatic heterocycles. The number of carbonyl (C=O) groups excluding carboxylic acids is 1. The number of hydrogen-bond acceptors (Lipinski definition) is 4. The third kappa shape index (κ3) is 4.91. The lowest BCUT2D eigenvalue weighted by atomic mass is 10.1. The Hall–Kier alpha value is -2.96. The van der Waals surface area contributed by atoms with Gasteiger partial charge >= 0.3 is 0 Å². The second-order valence-corrected chi connectivity index (χ2v) is 8.29. The van der Waals surface area contributed by atoms with E-state index in [1.807, 2.05) is 66.0 Å². The Morgan fingerprint density at radius 2 is 1.59 bits per heavy atom. The normalized spacial score (nSPS) is 11.8. The summed E-state index contributed by atoms with van der Waals surface area (Å²) in [5, 5.41) is 4.90. The van der Waals surface area contributed by atoms with Gasteiger partial charge in [-0.15, -0.1) is 23.1 Å². The van der Waals surface area contributed by atoms with Gasteiger partial charge in [0.05, 0.1) is 5.69 Å². The average Bonchev–Trinajstić information content (AvgIpc) is 3.22. The minimum atomic E-state index is -0.406. The van der Waals surface area contributed by atoms with Crippen LogP contribution in [0.5, 0.6) is 0 Å². The van der Waals surface area contributed by atoms with Crippen molar-refractivity contribution in [2.45, 2.75) is 10.1 Å². The van der Waals surface area contributed by atoms with Crippen molar-refractivity contribution in [3.8, 4) is 11.3 Å². The molecule has 0 fully saturated rings. The van der Waals surface area contributed by atoms with Gasteiger partial charge in [0.25, 0.3) is 0 Å². The molecule has 4 aromatic rings. The predicted octanol–water partition coefficient (Wildman–Crippen LogP) is 6.42. The molecule has 0 aliphatic carbocycles. The molecular formula is C23H17FN2OS2. The summed E-state index contributed by atoms with van der Waals surface area (Å²) in [7, 11) is 0. The third-order valence-corrected chi connectivity index (χ3v) is 6.24. The van der Waals surface area contributed by atoms with Gasteiger partial charge < -0.3 is 5.32 Å². The second-order valence-electron chi connectivity index (χ2n) is 6.26. The molecule has 4 rings (SSSR count). The number of halogens is 1. The zero-order valence-electron chi connectivity index (χ0n) is 15.3. The quantitative estimate of drug-likeness (QED) is 0.366. The first-order valence-electron chi connectivity index (χ1n) is 8.98. The van der Waals surface area contributed by atoms with Gasteiger partial charge in [-0.1, -0.05) is 48.5 Å². The van der Waals surface area contributed by atoms with E-state index in [9.17, 15) is 9.18 Å². The van der Waals surface area contributed by atoms with Gasteiger partial charge in [-0.3, -0.25) is 4.79 Å². The summed E-state index contributed by atoms with van der Waals surface area (Å²) in [4.78, 5) is 18.6. The number of anilines is 1. The van der Waals surface area contributed by atoms with Crippen LogP contribution in [0.25, 0.3) is 11.3 Å². The van der Waals surface area contributed by atoms with E-state index in [1.165, 1.54) is 35.2 Å². The number of thioether (sulfide) groups is 1. The molecule has 29 heavy (non-hydrogen) atoms. The average molecular weight is 421 g/mol. The zero-order valence-corrected chi connectivity index (χ0v) is 16.9. The Morgan fingerprint density at radius 3 is 2.28 bits per heavy atom. The first kappa shape index (κ1) is 19.4. The van der Waals surface area contributed by atoms with Gasteiger partial charge in [0.15, 0.2) is 5.13 Å². The van der Waals surface area contributed by atoms with Crippen molar-refractivity contribution in [2.75, 3.05) is 5.32 Å². The minimum Gasteiger partial charge on any atom is -0.301 e. The van der Waals surface area contributed by atoms with E-state index in [4.69, 9.17) is 0 Å². The van der Waals surface area contributed by atoms with Crippen LogP contribution in [0.15, 0.2) is 95.2 Å². The number of benzene rings is 3. The minimum absolute atomic E-state index is 0.134. The van der Waals surface area contributed by atoms with Crippen molar-refractivity contribution in [2.24, 2.45) is 0 Å². The van der Waals surface area contributed by atoms with Crippen LogP contribution < -0.4 is 5.32 Å². The molecule has 0 saturated heterocycles. The van der Waals surface area contributed by atoms with Crippen LogP contribution in [0, 0.1) is 5.82 Å². The van der Waals surface area contributed by atoms with Gasteiger partial charge in [-0.05, 0) is 42.0 Å². The first-order valence-corrected chi connectivity index (χ1v) is 10.7. The fourth-order valence-corrected chi connectivity index (χ4v) is 4.56. The molecule has 0 saturated carbocycles. The molecule has 1 amide bonds. The molecule has 0 bridgehead atoms. The van der Waals surface area contributed by atoms with Crippen LogP contribution in [-0.2, 0) is 4.79 Å². The lowest BCUT2D eigenvalue weighted by molar-refractivity contribution is -0.115. The molecular weight excluding hydrogens is 403 g/mol. The maximum absolute atomic E-state index is 13.1. The summed E-state index contributed by atoms with van der Waals surface area (Å²) < 4.78 is 13.1. The summed E-state index contributed by atoms with van der Waals surface area (Å²) >= 11 is 2.85. The number of rotatable bonds is 6. The first-order chi connectivity index (χ1) is 14.2. The number of nitrogens with one attached hydrogen (secondary N) is 1. The summed E-state index contributed by atoms with van der Waals surface area (Å²) in [6.45, 7) is 0. The Balaban J connectivity index is 1.54. The summed E-state index contributed by atoms with van der Waals surface area (Å²) in [5.74, 6) is -0.425. The van der Waals surface area contributed by atoms with Crippen molar-refractivity contribution in [3.05, 3.63) is 102 Å². The van der Waals surface area contributed by atoms with Crippen LogP contribution >= 0.6 is 23.1 Å². The monoisotopic (exact) mass is 420 g/mol. The molecule has 3 aromatic carbocycles. The van der Waals surface area contributed by atoms with Gasteiger partial charge in [0.2, 0.25) is 5.91 Å². The van der Waals surface area contributed by atoms with E-state index in [0.717, 1.165) is 16.0 Å². The van der Waals surface area contributed by atoms with Crippen LogP contribution in [0.3, 0.4) is 0 Å². The zero-order chi connectivity index (χ0) is 20.1. The molecule has 1 N–H and O–H groups in total. The van der Waals surface area contributed by atoms with Crippen LogP contribution in [0.2, 0.25) is 0 Å². The number of amides is 1. The highest BCUT2D eigenvalue weighted by atomic mass is 32.2. The van der Waals surface area contributed by atoms with E-state index >= 15 is 0 Å². The molecule has 3 nitrogen and oxygen atoms in total. The largest absolute Gasteiger partial charge is 0.301 e. The highest BCUT2D eigenvalue weighted by Gasteiger charge is 2.23. The van der Waals surface area contributed by atoms with Gasteiger partial charge in [-0.25, -0.2) is 9.37 Å². The summed E-state index contributed by atoms with van der Waals surface area (Å²) in [6.07, 6.45) is 0. The lowest BCUT2D eigenvalue weighted by Gasteiger charge is -2.16. The molecule has 0 aliphatic rings.